The van der Waals surface area contributed by atoms with Gasteiger partial charge in [-0.1, -0.05) is 20.3 Å². The lowest BCUT2D eigenvalue weighted by molar-refractivity contribution is -0.123. The highest BCUT2D eigenvalue weighted by Crippen LogP contribution is 2.35. The average molecular weight is 238 g/mol. The lowest BCUT2D eigenvalue weighted by atomic mass is 9.75. The SMILES string of the molecule is CC(NC1CCCC(C)(C)C1)C(=O)NC1CC1. The number of carbonyl (C=O) groups is 1. The molecule has 0 spiro atoms. The minimum atomic E-state index is -0.0468. The first-order valence-electron chi connectivity index (χ1n) is 7.03. The molecule has 2 N–H and O–H groups in total. The molecule has 0 aromatic heterocycles. The molecule has 3 heteroatoms. The van der Waals surface area contributed by atoms with Crippen molar-refractivity contribution in [3.8, 4) is 0 Å². The Hall–Kier alpha value is -0.570. The van der Waals surface area contributed by atoms with Crippen LogP contribution in [0.2, 0.25) is 0 Å². The Morgan fingerprint density at radius 3 is 2.53 bits per heavy atom. The van der Waals surface area contributed by atoms with Gasteiger partial charge in [0.25, 0.3) is 0 Å². The number of hydrogen-bond acceptors (Lipinski definition) is 2. The summed E-state index contributed by atoms with van der Waals surface area (Å²) in [5.74, 6) is 0.177. The normalized spacial score (nSPS) is 29.7. The molecule has 2 aliphatic rings. The van der Waals surface area contributed by atoms with Crippen LogP contribution < -0.4 is 10.6 Å². The fraction of sp³-hybridized carbons (Fsp3) is 0.929. The largest absolute Gasteiger partial charge is 0.352 e. The molecule has 2 aliphatic carbocycles. The molecule has 98 valence electrons. The highest BCUT2D eigenvalue weighted by Gasteiger charge is 2.31. The highest BCUT2D eigenvalue weighted by atomic mass is 16.2. The summed E-state index contributed by atoms with van der Waals surface area (Å²) in [7, 11) is 0. The quantitative estimate of drug-likeness (QED) is 0.788. The number of carbonyl (C=O) groups excluding carboxylic acids is 1. The molecule has 1 amide bonds. The number of nitrogens with one attached hydrogen (secondary N) is 2. The molecule has 2 saturated carbocycles. The van der Waals surface area contributed by atoms with Crippen molar-refractivity contribution in [3.05, 3.63) is 0 Å². The van der Waals surface area contributed by atoms with E-state index in [2.05, 4.69) is 24.5 Å². The molecule has 2 rings (SSSR count). The molecule has 0 heterocycles. The molecule has 17 heavy (non-hydrogen) atoms. The van der Waals surface area contributed by atoms with Crippen molar-refractivity contribution in [1.82, 2.24) is 10.6 Å². The average Bonchev–Trinajstić information content (AvgIpc) is 2.99. The Bertz CT molecular complexity index is 284. The van der Waals surface area contributed by atoms with E-state index in [1.165, 1.54) is 25.7 Å². The van der Waals surface area contributed by atoms with Gasteiger partial charge in [-0.25, -0.2) is 0 Å². The van der Waals surface area contributed by atoms with Crippen LogP contribution in [0.3, 0.4) is 0 Å². The molecule has 2 unspecified atom stereocenters. The molecule has 0 aromatic carbocycles. The van der Waals surface area contributed by atoms with Crippen LogP contribution in [0, 0.1) is 5.41 Å². The Morgan fingerprint density at radius 1 is 1.24 bits per heavy atom. The van der Waals surface area contributed by atoms with E-state index in [9.17, 15) is 4.79 Å². The van der Waals surface area contributed by atoms with Crippen LogP contribution in [0.5, 0.6) is 0 Å². The molecule has 2 atom stereocenters. The van der Waals surface area contributed by atoms with Gasteiger partial charge in [-0.15, -0.1) is 0 Å². The lowest BCUT2D eigenvalue weighted by Gasteiger charge is -2.36. The van der Waals surface area contributed by atoms with Crippen LogP contribution in [-0.2, 0) is 4.79 Å². The van der Waals surface area contributed by atoms with Gasteiger partial charge in [-0.05, 0) is 44.4 Å². The zero-order chi connectivity index (χ0) is 12.5. The Morgan fingerprint density at radius 2 is 1.94 bits per heavy atom. The smallest absolute Gasteiger partial charge is 0.237 e. The van der Waals surface area contributed by atoms with Crippen molar-refractivity contribution in [3.63, 3.8) is 0 Å². The fourth-order valence-corrected chi connectivity index (χ4v) is 2.82. The second-order valence-corrected chi connectivity index (χ2v) is 6.63. The van der Waals surface area contributed by atoms with Gasteiger partial charge in [0.15, 0.2) is 0 Å². The second kappa shape index (κ2) is 4.97. The second-order valence-electron chi connectivity index (χ2n) is 6.63. The van der Waals surface area contributed by atoms with Crippen molar-refractivity contribution in [2.75, 3.05) is 0 Å². The molecule has 0 bridgehead atoms. The number of rotatable bonds is 4. The van der Waals surface area contributed by atoms with E-state index >= 15 is 0 Å². The Balaban J connectivity index is 1.76. The van der Waals surface area contributed by atoms with Crippen LogP contribution in [0.25, 0.3) is 0 Å². The standard InChI is InChI=1S/C14H26N2O/c1-10(13(17)16-11-6-7-11)15-12-5-4-8-14(2,3)9-12/h10-12,15H,4-9H2,1-3H3,(H,16,17). The maximum absolute atomic E-state index is 11.9. The molecule has 2 fully saturated rings. The van der Waals surface area contributed by atoms with E-state index in [1.54, 1.807) is 0 Å². The zero-order valence-corrected chi connectivity index (χ0v) is 11.4. The molecule has 0 radical (unpaired) electrons. The predicted molar refractivity (Wildman–Crippen MR) is 69.8 cm³/mol. The summed E-state index contributed by atoms with van der Waals surface area (Å²) in [5.41, 5.74) is 0.433. The summed E-state index contributed by atoms with van der Waals surface area (Å²) >= 11 is 0. The summed E-state index contributed by atoms with van der Waals surface area (Å²) in [5, 5.41) is 6.56. The number of hydrogen-bond donors (Lipinski definition) is 2. The van der Waals surface area contributed by atoms with Crippen LogP contribution in [-0.4, -0.2) is 24.0 Å². The van der Waals surface area contributed by atoms with Crippen LogP contribution in [0.1, 0.15) is 59.3 Å². The van der Waals surface area contributed by atoms with Gasteiger partial charge in [0.05, 0.1) is 6.04 Å². The predicted octanol–water partition coefficient (Wildman–Crippen LogP) is 2.21. The minimum Gasteiger partial charge on any atom is -0.352 e. The third-order valence-electron chi connectivity index (χ3n) is 4.01. The minimum absolute atomic E-state index is 0.0468. The highest BCUT2D eigenvalue weighted by molar-refractivity contribution is 5.81. The van der Waals surface area contributed by atoms with Gasteiger partial charge in [0, 0.05) is 12.1 Å². The molecule has 3 nitrogen and oxygen atoms in total. The molecular weight excluding hydrogens is 212 g/mol. The van der Waals surface area contributed by atoms with E-state index in [4.69, 9.17) is 0 Å². The van der Waals surface area contributed by atoms with Crippen LogP contribution >= 0.6 is 0 Å². The topological polar surface area (TPSA) is 41.1 Å². The maximum atomic E-state index is 11.9. The summed E-state index contributed by atoms with van der Waals surface area (Å²) < 4.78 is 0. The van der Waals surface area contributed by atoms with Crippen LogP contribution in [0.4, 0.5) is 0 Å². The summed E-state index contributed by atoms with van der Waals surface area (Å²) in [4.78, 5) is 11.9. The molecule has 0 saturated heterocycles. The van der Waals surface area contributed by atoms with Gasteiger partial charge >= 0.3 is 0 Å². The Labute approximate surface area is 105 Å². The monoisotopic (exact) mass is 238 g/mol. The van der Waals surface area contributed by atoms with Crippen molar-refractivity contribution in [1.29, 1.82) is 0 Å². The van der Waals surface area contributed by atoms with E-state index in [-0.39, 0.29) is 11.9 Å². The fourth-order valence-electron chi connectivity index (χ4n) is 2.82. The Kier molecular flexibility index (Phi) is 3.76. The van der Waals surface area contributed by atoms with Gasteiger partial charge in [-0.3, -0.25) is 4.79 Å². The first-order valence-corrected chi connectivity index (χ1v) is 7.03. The lowest BCUT2D eigenvalue weighted by Crippen LogP contribution is -2.49. The van der Waals surface area contributed by atoms with E-state index in [0.717, 1.165) is 12.8 Å². The van der Waals surface area contributed by atoms with Crippen molar-refractivity contribution in [2.45, 2.75) is 77.4 Å². The summed E-state index contributed by atoms with van der Waals surface area (Å²) in [6.45, 7) is 6.64. The van der Waals surface area contributed by atoms with E-state index < -0.39 is 0 Å². The summed E-state index contributed by atoms with van der Waals surface area (Å²) in [6.07, 6.45) is 7.32. The number of amides is 1. The maximum Gasteiger partial charge on any atom is 0.237 e. The van der Waals surface area contributed by atoms with Gasteiger partial charge in [-0.2, -0.15) is 0 Å². The third-order valence-corrected chi connectivity index (χ3v) is 4.01. The van der Waals surface area contributed by atoms with Crippen LogP contribution in [0.15, 0.2) is 0 Å². The van der Waals surface area contributed by atoms with E-state index in [1.807, 2.05) is 6.92 Å². The van der Waals surface area contributed by atoms with Crippen molar-refractivity contribution in [2.24, 2.45) is 5.41 Å². The van der Waals surface area contributed by atoms with Crippen molar-refractivity contribution >= 4 is 5.91 Å². The van der Waals surface area contributed by atoms with Crippen molar-refractivity contribution < 1.29 is 4.79 Å². The molecule has 0 aliphatic heterocycles. The summed E-state index contributed by atoms with van der Waals surface area (Å²) in [6, 6.07) is 0.933. The first kappa shape index (κ1) is 12.9. The zero-order valence-electron chi connectivity index (χ0n) is 11.4. The molecule has 0 aromatic rings. The first-order chi connectivity index (χ1) is 7.96. The van der Waals surface area contributed by atoms with Gasteiger partial charge in [0.1, 0.15) is 0 Å². The van der Waals surface area contributed by atoms with Gasteiger partial charge < -0.3 is 10.6 Å². The van der Waals surface area contributed by atoms with Gasteiger partial charge in [0.2, 0.25) is 5.91 Å². The molecular formula is C14H26N2O. The van der Waals surface area contributed by atoms with E-state index in [0.29, 0.717) is 17.5 Å². The third kappa shape index (κ3) is 3.98.